The summed E-state index contributed by atoms with van der Waals surface area (Å²) >= 11 is 3.17. The number of anilines is 1. The number of carbonyl (C=O) groups is 1. The Kier molecular flexibility index (Phi) is 5.05. The third kappa shape index (κ3) is 4.08. The van der Waals surface area contributed by atoms with Crippen molar-refractivity contribution in [3.05, 3.63) is 70.9 Å². The molecule has 0 saturated carbocycles. The highest BCUT2D eigenvalue weighted by Gasteiger charge is 2.11. The molecule has 2 aromatic carbocycles. The first-order valence-electron chi connectivity index (χ1n) is 7.37. The Balaban J connectivity index is 1.58. The first-order valence-corrected chi connectivity index (χ1v) is 8.16. The lowest BCUT2D eigenvalue weighted by Crippen LogP contribution is -2.13. The second-order valence-electron chi connectivity index (χ2n) is 5.16. The summed E-state index contributed by atoms with van der Waals surface area (Å²) in [6, 6.07) is 14.1. The molecule has 0 atom stereocenters. The number of halogens is 2. The minimum Gasteiger partial charge on any atom is -0.441 e. The van der Waals surface area contributed by atoms with E-state index in [0.717, 1.165) is 5.56 Å². The van der Waals surface area contributed by atoms with Crippen molar-refractivity contribution in [3.63, 3.8) is 0 Å². The quantitative estimate of drug-likeness (QED) is 0.681. The zero-order valence-electron chi connectivity index (χ0n) is 12.6. The van der Waals surface area contributed by atoms with Crippen LogP contribution in [0, 0.1) is 5.82 Å². The van der Waals surface area contributed by atoms with Gasteiger partial charge in [0, 0.05) is 22.9 Å². The van der Waals surface area contributed by atoms with Gasteiger partial charge in [0.05, 0.1) is 11.9 Å². The number of nitrogens with one attached hydrogen (secondary N) is 1. The lowest BCUT2D eigenvalue weighted by atomic mass is 10.2. The van der Waals surface area contributed by atoms with E-state index in [1.807, 2.05) is 30.3 Å². The average molecular weight is 389 g/mol. The van der Waals surface area contributed by atoms with Crippen molar-refractivity contribution in [2.24, 2.45) is 0 Å². The number of benzene rings is 2. The van der Waals surface area contributed by atoms with Crippen LogP contribution in [0.3, 0.4) is 0 Å². The fraction of sp³-hybridized carbons (Fsp3) is 0.111. The molecule has 0 unspecified atom stereocenters. The van der Waals surface area contributed by atoms with Crippen LogP contribution in [0.1, 0.15) is 12.3 Å². The number of hydrogen-bond donors (Lipinski definition) is 1. The smallest absolute Gasteiger partial charge is 0.224 e. The molecule has 3 rings (SSSR count). The molecule has 24 heavy (non-hydrogen) atoms. The zero-order chi connectivity index (χ0) is 16.9. The molecule has 0 aliphatic heterocycles. The molecule has 1 heterocycles. The molecule has 0 saturated heterocycles. The monoisotopic (exact) mass is 388 g/mol. The predicted molar refractivity (Wildman–Crippen MR) is 93.0 cm³/mol. The third-order valence-electron chi connectivity index (χ3n) is 3.38. The molecule has 3 aromatic rings. The Morgan fingerprint density at radius 1 is 1.21 bits per heavy atom. The Bertz CT molecular complexity index is 849. The summed E-state index contributed by atoms with van der Waals surface area (Å²) in [5.74, 6) is 0.348. The minimum atomic E-state index is -0.486. The van der Waals surface area contributed by atoms with Crippen LogP contribution in [0.5, 0.6) is 0 Å². The lowest BCUT2D eigenvalue weighted by molar-refractivity contribution is -0.116. The van der Waals surface area contributed by atoms with Crippen molar-refractivity contribution in [1.29, 1.82) is 0 Å². The molecule has 1 aromatic heterocycles. The Hall–Kier alpha value is -2.47. The fourth-order valence-electron chi connectivity index (χ4n) is 2.19. The Morgan fingerprint density at radius 3 is 2.75 bits per heavy atom. The third-order valence-corrected chi connectivity index (χ3v) is 3.88. The lowest BCUT2D eigenvalue weighted by Gasteiger charge is -2.05. The standard InChI is InChI=1S/C18H14BrFN2O2/c19-13-6-7-15(14(20)10-13)22-17(23)8-9-18-21-11-16(24-18)12-4-2-1-3-5-12/h1-7,10-11H,8-9H2,(H,22,23). The van der Waals surface area contributed by atoms with Crippen molar-refractivity contribution >= 4 is 27.5 Å². The van der Waals surface area contributed by atoms with Gasteiger partial charge >= 0.3 is 0 Å². The average Bonchev–Trinajstić information content (AvgIpc) is 3.05. The van der Waals surface area contributed by atoms with E-state index < -0.39 is 5.82 Å². The number of amides is 1. The van der Waals surface area contributed by atoms with Gasteiger partial charge in [-0.05, 0) is 18.2 Å². The van der Waals surface area contributed by atoms with Gasteiger partial charge in [-0.1, -0.05) is 46.3 Å². The van der Waals surface area contributed by atoms with Crippen LogP contribution in [0.15, 0.2) is 63.6 Å². The van der Waals surface area contributed by atoms with E-state index >= 15 is 0 Å². The summed E-state index contributed by atoms with van der Waals surface area (Å²) in [7, 11) is 0. The van der Waals surface area contributed by atoms with E-state index in [9.17, 15) is 9.18 Å². The molecule has 1 N–H and O–H groups in total. The summed E-state index contributed by atoms with van der Waals surface area (Å²) < 4.78 is 19.9. The second kappa shape index (κ2) is 7.40. The largest absolute Gasteiger partial charge is 0.441 e. The van der Waals surface area contributed by atoms with Gasteiger partial charge in [-0.15, -0.1) is 0 Å². The van der Waals surface area contributed by atoms with Crippen LogP contribution < -0.4 is 5.32 Å². The zero-order valence-corrected chi connectivity index (χ0v) is 14.2. The number of oxazole rings is 1. The molecule has 0 aliphatic carbocycles. The molecular formula is C18H14BrFN2O2. The summed E-state index contributed by atoms with van der Waals surface area (Å²) in [6.07, 6.45) is 2.14. The van der Waals surface area contributed by atoms with Crippen molar-refractivity contribution < 1.29 is 13.6 Å². The van der Waals surface area contributed by atoms with Crippen molar-refractivity contribution in [3.8, 4) is 11.3 Å². The summed E-state index contributed by atoms with van der Waals surface area (Å²) in [6.45, 7) is 0. The molecule has 0 spiro atoms. The Labute approximate surface area is 146 Å². The van der Waals surface area contributed by atoms with Gasteiger partial charge in [0.25, 0.3) is 0 Å². The molecule has 1 amide bonds. The first-order chi connectivity index (χ1) is 11.6. The van der Waals surface area contributed by atoms with E-state index in [1.54, 1.807) is 12.3 Å². The number of hydrogen-bond acceptors (Lipinski definition) is 3. The summed E-state index contributed by atoms with van der Waals surface area (Å²) in [5.41, 5.74) is 1.08. The van der Waals surface area contributed by atoms with E-state index in [-0.39, 0.29) is 18.0 Å². The summed E-state index contributed by atoms with van der Waals surface area (Å²) in [5, 5.41) is 2.54. The van der Waals surface area contributed by atoms with E-state index in [1.165, 1.54) is 12.1 Å². The van der Waals surface area contributed by atoms with Crippen LogP contribution in [0.2, 0.25) is 0 Å². The first kappa shape index (κ1) is 16.4. The maximum atomic E-state index is 13.7. The van der Waals surface area contributed by atoms with Crippen LogP contribution in [-0.4, -0.2) is 10.9 Å². The maximum Gasteiger partial charge on any atom is 0.224 e. The number of aromatic nitrogens is 1. The Morgan fingerprint density at radius 2 is 2.00 bits per heavy atom. The van der Waals surface area contributed by atoms with Gasteiger partial charge in [-0.25, -0.2) is 9.37 Å². The molecule has 0 radical (unpaired) electrons. The van der Waals surface area contributed by atoms with Crippen molar-refractivity contribution in [2.75, 3.05) is 5.32 Å². The maximum absolute atomic E-state index is 13.7. The molecular weight excluding hydrogens is 375 g/mol. The highest BCUT2D eigenvalue weighted by atomic mass is 79.9. The van der Waals surface area contributed by atoms with Gasteiger partial charge in [-0.2, -0.15) is 0 Å². The van der Waals surface area contributed by atoms with Gasteiger partial charge in [0.15, 0.2) is 11.7 Å². The SMILES string of the molecule is O=C(CCc1ncc(-c2ccccc2)o1)Nc1ccc(Br)cc1F. The van der Waals surface area contributed by atoms with Crippen LogP contribution >= 0.6 is 15.9 Å². The van der Waals surface area contributed by atoms with Crippen LogP contribution in [-0.2, 0) is 11.2 Å². The summed E-state index contributed by atoms with van der Waals surface area (Å²) in [4.78, 5) is 16.1. The normalized spacial score (nSPS) is 10.6. The van der Waals surface area contributed by atoms with Gasteiger partial charge < -0.3 is 9.73 Å². The van der Waals surface area contributed by atoms with E-state index in [4.69, 9.17) is 4.42 Å². The number of carbonyl (C=O) groups excluding carboxylic acids is 1. The van der Waals surface area contributed by atoms with E-state index in [0.29, 0.717) is 22.5 Å². The fourth-order valence-corrected chi connectivity index (χ4v) is 2.52. The number of aryl methyl sites for hydroxylation is 1. The van der Waals surface area contributed by atoms with Gasteiger partial charge in [0.1, 0.15) is 5.82 Å². The number of nitrogens with zero attached hydrogens (tertiary/aromatic N) is 1. The molecule has 6 heteroatoms. The van der Waals surface area contributed by atoms with Crippen LogP contribution in [0.4, 0.5) is 10.1 Å². The minimum absolute atomic E-state index is 0.153. The predicted octanol–water partition coefficient (Wildman–Crippen LogP) is 4.81. The van der Waals surface area contributed by atoms with Crippen molar-refractivity contribution in [2.45, 2.75) is 12.8 Å². The van der Waals surface area contributed by atoms with Crippen LogP contribution in [0.25, 0.3) is 11.3 Å². The van der Waals surface area contributed by atoms with E-state index in [2.05, 4.69) is 26.2 Å². The number of rotatable bonds is 5. The molecule has 122 valence electrons. The second-order valence-corrected chi connectivity index (χ2v) is 6.07. The topological polar surface area (TPSA) is 55.1 Å². The highest BCUT2D eigenvalue weighted by Crippen LogP contribution is 2.21. The van der Waals surface area contributed by atoms with Gasteiger partial charge in [0.2, 0.25) is 5.91 Å². The molecule has 0 aliphatic rings. The van der Waals surface area contributed by atoms with Gasteiger partial charge in [-0.3, -0.25) is 4.79 Å². The molecule has 0 fully saturated rings. The molecule has 4 nitrogen and oxygen atoms in total. The highest BCUT2D eigenvalue weighted by molar-refractivity contribution is 9.10. The molecule has 0 bridgehead atoms. The van der Waals surface area contributed by atoms with Crippen molar-refractivity contribution in [1.82, 2.24) is 4.98 Å².